The van der Waals surface area contributed by atoms with Gasteiger partial charge in [-0.05, 0) is 62.3 Å². The summed E-state index contributed by atoms with van der Waals surface area (Å²) in [7, 11) is 2.04. The summed E-state index contributed by atoms with van der Waals surface area (Å²) in [5, 5.41) is 6.82. The van der Waals surface area contributed by atoms with Crippen LogP contribution in [0.2, 0.25) is 0 Å². The molecule has 5 aromatic rings. The highest BCUT2D eigenvalue weighted by molar-refractivity contribution is 5.87. The van der Waals surface area contributed by atoms with Gasteiger partial charge in [-0.25, -0.2) is 0 Å². The highest BCUT2D eigenvalue weighted by atomic mass is 16.1. The second-order valence-corrected chi connectivity index (χ2v) is 8.93. The second-order valence-electron chi connectivity index (χ2n) is 8.93. The van der Waals surface area contributed by atoms with Gasteiger partial charge in [0, 0.05) is 59.1 Å². The van der Waals surface area contributed by atoms with E-state index < -0.39 is 0 Å². The Morgan fingerprint density at radius 2 is 1.73 bits per heavy atom. The van der Waals surface area contributed by atoms with Crippen LogP contribution in [0.4, 0.5) is 0 Å². The summed E-state index contributed by atoms with van der Waals surface area (Å²) in [5.74, 6) is 0. The van der Waals surface area contributed by atoms with Crippen LogP contribution in [-0.4, -0.2) is 43.4 Å². The molecule has 0 spiro atoms. The lowest BCUT2D eigenvalue weighted by atomic mass is 10.1. The third-order valence-electron chi connectivity index (χ3n) is 6.90. The molecule has 0 bridgehead atoms. The van der Waals surface area contributed by atoms with E-state index in [1.165, 1.54) is 31.3 Å². The minimum absolute atomic E-state index is 0.0430. The van der Waals surface area contributed by atoms with Crippen LogP contribution in [0.25, 0.3) is 38.8 Å². The fourth-order valence-corrected chi connectivity index (χ4v) is 5.06. The number of pyridine rings is 1. The molecular formula is C27H27N5O. The number of fused-ring (bicyclic) bond motifs is 2. The average molecular weight is 438 g/mol. The van der Waals surface area contributed by atoms with Gasteiger partial charge in [0.1, 0.15) is 0 Å². The van der Waals surface area contributed by atoms with Crippen molar-refractivity contribution in [1.82, 2.24) is 23.8 Å². The molecule has 33 heavy (non-hydrogen) atoms. The predicted octanol–water partition coefficient (Wildman–Crippen LogP) is 4.44. The number of hydrogen-bond donors (Lipinski definition) is 0. The Kier molecular flexibility index (Phi) is 4.88. The van der Waals surface area contributed by atoms with Crippen LogP contribution in [0.15, 0.2) is 77.9 Å². The third kappa shape index (κ3) is 3.56. The molecule has 1 aliphatic heterocycles. The number of rotatable bonds is 5. The highest BCUT2D eigenvalue weighted by Crippen LogP contribution is 2.26. The first kappa shape index (κ1) is 20.0. The van der Waals surface area contributed by atoms with Crippen LogP contribution < -0.4 is 5.56 Å². The van der Waals surface area contributed by atoms with E-state index in [9.17, 15) is 4.79 Å². The van der Waals surface area contributed by atoms with Crippen LogP contribution in [0.3, 0.4) is 0 Å². The van der Waals surface area contributed by atoms with Gasteiger partial charge in [-0.2, -0.15) is 5.10 Å². The lowest BCUT2D eigenvalue weighted by molar-refractivity contribution is 0.318. The maximum atomic E-state index is 13.1. The number of aromatic nitrogens is 4. The first-order valence-electron chi connectivity index (χ1n) is 11.6. The molecule has 2 aromatic carbocycles. The molecule has 0 aliphatic carbocycles. The Hall–Kier alpha value is -3.64. The molecule has 0 unspecified atom stereocenters. The summed E-state index contributed by atoms with van der Waals surface area (Å²) in [6.45, 7) is 4.32. The van der Waals surface area contributed by atoms with Gasteiger partial charge in [0.2, 0.25) is 0 Å². The minimum Gasteiger partial charge on any atom is -0.344 e. The van der Waals surface area contributed by atoms with Gasteiger partial charge in [-0.15, -0.1) is 0 Å². The van der Waals surface area contributed by atoms with Gasteiger partial charge in [0.25, 0.3) is 5.56 Å². The summed E-state index contributed by atoms with van der Waals surface area (Å²) in [4.78, 5) is 15.6. The average Bonchev–Trinajstić information content (AvgIpc) is 3.57. The van der Waals surface area contributed by atoms with E-state index in [1.54, 1.807) is 10.6 Å². The Morgan fingerprint density at radius 3 is 2.55 bits per heavy atom. The Balaban J connectivity index is 1.30. The standard InChI is InChI=1S/C27H27N5O/c1-29-24-7-3-2-6-20(24)17-26(29)21-10-13-31(27(33)18-21)23-8-9-25-22(16-23)19-28-32(25)15-14-30-11-4-5-12-30/h2-3,6-10,13,16-19H,4-5,11-12,14-15H2,1H3. The fourth-order valence-electron chi connectivity index (χ4n) is 5.06. The molecule has 0 N–H and O–H groups in total. The number of aryl methyl sites for hydroxylation is 1. The summed E-state index contributed by atoms with van der Waals surface area (Å²) in [6.07, 6.45) is 6.38. The molecule has 1 fully saturated rings. The first-order valence-corrected chi connectivity index (χ1v) is 11.6. The summed E-state index contributed by atoms with van der Waals surface area (Å²) < 4.78 is 5.91. The smallest absolute Gasteiger partial charge is 0.255 e. The number of likely N-dealkylation sites (tertiary alicyclic amines) is 1. The molecule has 6 rings (SSSR count). The molecule has 6 heteroatoms. The van der Waals surface area contributed by atoms with Gasteiger partial charge >= 0.3 is 0 Å². The van der Waals surface area contributed by atoms with Crippen molar-refractivity contribution in [3.05, 3.63) is 83.4 Å². The van der Waals surface area contributed by atoms with Crippen molar-refractivity contribution >= 4 is 21.8 Å². The van der Waals surface area contributed by atoms with E-state index in [0.29, 0.717) is 0 Å². The molecule has 3 aromatic heterocycles. The van der Waals surface area contributed by atoms with Crippen molar-refractivity contribution in [2.75, 3.05) is 19.6 Å². The molecular weight excluding hydrogens is 410 g/mol. The van der Waals surface area contributed by atoms with E-state index in [1.807, 2.05) is 49.8 Å². The van der Waals surface area contributed by atoms with Crippen molar-refractivity contribution < 1.29 is 0 Å². The molecule has 0 atom stereocenters. The fraction of sp³-hybridized carbons (Fsp3) is 0.259. The van der Waals surface area contributed by atoms with Crippen molar-refractivity contribution in [3.63, 3.8) is 0 Å². The zero-order valence-electron chi connectivity index (χ0n) is 18.8. The number of para-hydroxylation sites is 1. The van der Waals surface area contributed by atoms with Crippen LogP contribution in [0, 0.1) is 0 Å². The Bertz CT molecular complexity index is 1520. The van der Waals surface area contributed by atoms with Gasteiger partial charge in [0.15, 0.2) is 0 Å². The maximum absolute atomic E-state index is 13.1. The molecule has 166 valence electrons. The highest BCUT2D eigenvalue weighted by Gasteiger charge is 2.13. The molecule has 0 amide bonds. The third-order valence-corrected chi connectivity index (χ3v) is 6.90. The zero-order chi connectivity index (χ0) is 22.4. The summed E-state index contributed by atoms with van der Waals surface area (Å²) in [5.41, 5.74) is 5.04. The number of benzene rings is 2. The van der Waals surface area contributed by atoms with Crippen molar-refractivity contribution in [1.29, 1.82) is 0 Å². The monoisotopic (exact) mass is 437 g/mol. The van der Waals surface area contributed by atoms with Gasteiger partial charge < -0.3 is 9.47 Å². The van der Waals surface area contributed by atoms with Crippen molar-refractivity contribution in [2.24, 2.45) is 7.05 Å². The molecule has 0 saturated carbocycles. The molecule has 1 aliphatic rings. The van der Waals surface area contributed by atoms with Crippen LogP contribution >= 0.6 is 0 Å². The van der Waals surface area contributed by atoms with Crippen LogP contribution in [-0.2, 0) is 13.6 Å². The SMILES string of the molecule is Cn1c(-c2ccn(-c3ccc4c(cnn4CCN4CCCC4)c3)c(=O)c2)cc2ccccc21. The lowest BCUT2D eigenvalue weighted by Gasteiger charge is -2.14. The normalized spacial score (nSPS) is 14.6. The first-order chi connectivity index (χ1) is 16.2. The lowest BCUT2D eigenvalue weighted by Crippen LogP contribution is -2.24. The zero-order valence-corrected chi connectivity index (χ0v) is 18.8. The predicted molar refractivity (Wildman–Crippen MR) is 133 cm³/mol. The van der Waals surface area contributed by atoms with Gasteiger partial charge in [-0.3, -0.25) is 14.0 Å². The molecule has 6 nitrogen and oxygen atoms in total. The Morgan fingerprint density at radius 1 is 0.879 bits per heavy atom. The molecule has 1 saturated heterocycles. The van der Waals surface area contributed by atoms with Crippen LogP contribution in [0.1, 0.15) is 12.8 Å². The van der Waals surface area contributed by atoms with Crippen LogP contribution in [0.5, 0.6) is 0 Å². The van der Waals surface area contributed by atoms with E-state index in [2.05, 4.69) is 43.5 Å². The van der Waals surface area contributed by atoms with E-state index in [-0.39, 0.29) is 5.56 Å². The van der Waals surface area contributed by atoms with Crippen molar-refractivity contribution in [3.8, 4) is 16.9 Å². The number of hydrogen-bond acceptors (Lipinski definition) is 3. The summed E-state index contributed by atoms with van der Waals surface area (Å²) in [6, 6.07) is 20.3. The van der Waals surface area contributed by atoms with Crippen molar-refractivity contribution in [2.45, 2.75) is 19.4 Å². The largest absolute Gasteiger partial charge is 0.344 e. The molecule has 4 heterocycles. The van der Waals surface area contributed by atoms with Gasteiger partial charge in [0.05, 0.1) is 18.3 Å². The topological polar surface area (TPSA) is 48.0 Å². The van der Waals surface area contributed by atoms with E-state index in [4.69, 9.17) is 0 Å². The molecule has 0 radical (unpaired) electrons. The second kappa shape index (κ2) is 8.05. The summed E-state index contributed by atoms with van der Waals surface area (Å²) >= 11 is 0. The van der Waals surface area contributed by atoms with E-state index in [0.717, 1.165) is 46.5 Å². The minimum atomic E-state index is -0.0430. The quantitative estimate of drug-likeness (QED) is 0.408. The van der Waals surface area contributed by atoms with E-state index >= 15 is 0 Å². The Labute approximate surface area is 192 Å². The maximum Gasteiger partial charge on any atom is 0.255 e. The van der Waals surface area contributed by atoms with Gasteiger partial charge in [-0.1, -0.05) is 18.2 Å². The number of nitrogens with zero attached hydrogens (tertiary/aromatic N) is 5.